The van der Waals surface area contributed by atoms with Crippen LogP contribution in [0.5, 0.6) is 0 Å². The lowest BCUT2D eigenvalue weighted by atomic mass is 10.1. The third-order valence-corrected chi connectivity index (χ3v) is 2.14. The molecule has 0 unspecified atom stereocenters. The molecule has 0 amide bonds. The Bertz CT molecular complexity index is 365. The molecule has 0 spiro atoms. The van der Waals surface area contributed by atoms with Crippen molar-refractivity contribution in [2.45, 2.75) is 13.8 Å². The highest BCUT2D eigenvalue weighted by atomic mass is 14.8. The van der Waals surface area contributed by atoms with Crippen LogP contribution in [0.1, 0.15) is 11.1 Å². The van der Waals surface area contributed by atoms with Crippen molar-refractivity contribution < 1.29 is 5.73 Å². The second-order valence-corrected chi connectivity index (χ2v) is 3.54. The SMILES string of the molecule is Cc1ccc(C)c(N/C=C/C=C/C[NH3+])c1. The Morgan fingerprint density at radius 2 is 2.07 bits per heavy atom. The fourth-order valence-electron chi connectivity index (χ4n) is 1.26. The summed E-state index contributed by atoms with van der Waals surface area (Å²) in [6, 6.07) is 6.38. The molecule has 0 radical (unpaired) electrons. The summed E-state index contributed by atoms with van der Waals surface area (Å²) in [5.41, 5.74) is 7.41. The van der Waals surface area contributed by atoms with E-state index in [4.69, 9.17) is 0 Å². The van der Waals surface area contributed by atoms with Crippen molar-refractivity contribution >= 4 is 5.69 Å². The molecule has 1 aromatic rings. The zero-order valence-electron chi connectivity index (χ0n) is 9.46. The van der Waals surface area contributed by atoms with Gasteiger partial charge in [0.2, 0.25) is 0 Å². The molecule has 80 valence electrons. The number of hydrogen-bond acceptors (Lipinski definition) is 1. The van der Waals surface area contributed by atoms with Crippen molar-refractivity contribution in [3.63, 3.8) is 0 Å². The number of quaternary nitrogens is 1. The second-order valence-electron chi connectivity index (χ2n) is 3.54. The molecule has 0 aliphatic carbocycles. The molecule has 0 saturated heterocycles. The lowest BCUT2D eigenvalue weighted by Crippen LogP contribution is -2.49. The first-order valence-corrected chi connectivity index (χ1v) is 5.18. The summed E-state index contributed by atoms with van der Waals surface area (Å²) < 4.78 is 0. The molecule has 0 aliphatic rings. The Kier molecular flexibility index (Phi) is 4.64. The maximum absolute atomic E-state index is 3.73. The van der Waals surface area contributed by atoms with Crippen LogP contribution in [0.4, 0.5) is 5.69 Å². The number of anilines is 1. The van der Waals surface area contributed by atoms with Crippen molar-refractivity contribution in [1.82, 2.24) is 0 Å². The molecule has 0 bridgehead atoms. The van der Waals surface area contributed by atoms with E-state index in [-0.39, 0.29) is 0 Å². The van der Waals surface area contributed by atoms with Gasteiger partial charge in [-0.25, -0.2) is 0 Å². The number of rotatable bonds is 4. The van der Waals surface area contributed by atoms with Crippen molar-refractivity contribution in [3.8, 4) is 0 Å². The van der Waals surface area contributed by atoms with E-state index in [0.29, 0.717) is 0 Å². The number of allylic oxidation sites excluding steroid dienone is 2. The largest absolute Gasteiger partial charge is 0.361 e. The smallest absolute Gasteiger partial charge is 0.0929 e. The normalized spacial score (nSPS) is 11.4. The van der Waals surface area contributed by atoms with Gasteiger partial charge < -0.3 is 11.1 Å². The molecule has 4 N–H and O–H groups in total. The van der Waals surface area contributed by atoms with Gasteiger partial charge in [0.1, 0.15) is 0 Å². The van der Waals surface area contributed by atoms with E-state index in [2.05, 4.69) is 43.1 Å². The topological polar surface area (TPSA) is 39.7 Å². The molecule has 0 aliphatic heterocycles. The Labute approximate surface area is 91.5 Å². The molecule has 0 aromatic heterocycles. The van der Waals surface area contributed by atoms with Gasteiger partial charge in [-0.15, -0.1) is 0 Å². The molecule has 0 atom stereocenters. The predicted octanol–water partition coefficient (Wildman–Crippen LogP) is 2.03. The average Bonchev–Trinajstić information content (AvgIpc) is 2.23. The van der Waals surface area contributed by atoms with Crippen LogP contribution in [0, 0.1) is 13.8 Å². The standard InChI is InChI=1S/C13H18N2/c1-11-6-7-12(2)13(10-11)15-9-5-3-4-8-14/h3-7,9-10,15H,8,14H2,1-2H3/p+1/b4-3+,9-5+. The molecule has 2 nitrogen and oxygen atoms in total. The Morgan fingerprint density at radius 1 is 1.27 bits per heavy atom. The van der Waals surface area contributed by atoms with Gasteiger partial charge >= 0.3 is 0 Å². The molecule has 0 fully saturated rings. The van der Waals surface area contributed by atoms with Gasteiger partial charge in [-0.1, -0.05) is 18.2 Å². The molecular weight excluding hydrogens is 184 g/mol. The van der Waals surface area contributed by atoms with Gasteiger partial charge in [0, 0.05) is 11.9 Å². The van der Waals surface area contributed by atoms with Crippen LogP contribution in [0.3, 0.4) is 0 Å². The summed E-state index contributed by atoms with van der Waals surface area (Å²) in [6.45, 7) is 5.02. The molecule has 0 saturated carbocycles. The van der Waals surface area contributed by atoms with Crippen molar-refractivity contribution in [1.29, 1.82) is 0 Å². The van der Waals surface area contributed by atoms with Crippen LogP contribution in [0.15, 0.2) is 42.6 Å². The molecule has 2 heteroatoms. The van der Waals surface area contributed by atoms with E-state index >= 15 is 0 Å². The number of aryl methyl sites for hydroxylation is 2. The summed E-state index contributed by atoms with van der Waals surface area (Å²) in [7, 11) is 0. The van der Waals surface area contributed by atoms with Crippen LogP contribution < -0.4 is 11.1 Å². The highest BCUT2D eigenvalue weighted by Crippen LogP contribution is 2.15. The fraction of sp³-hybridized carbons (Fsp3) is 0.231. The van der Waals surface area contributed by atoms with Crippen LogP contribution in [0.25, 0.3) is 0 Å². The predicted molar refractivity (Wildman–Crippen MR) is 65.6 cm³/mol. The van der Waals surface area contributed by atoms with E-state index in [0.717, 1.165) is 12.2 Å². The minimum atomic E-state index is 0.827. The minimum Gasteiger partial charge on any atom is -0.361 e. The number of nitrogens with one attached hydrogen (secondary N) is 1. The van der Waals surface area contributed by atoms with Crippen LogP contribution in [-0.2, 0) is 0 Å². The first-order chi connectivity index (χ1) is 7.24. The van der Waals surface area contributed by atoms with E-state index in [9.17, 15) is 0 Å². The zero-order valence-corrected chi connectivity index (χ0v) is 9.46. The quantitative estimate of drug-likeness (QED) is 0.722. The van der Waals surface area contributed by atoms with E-state index in [1.54, 1.807) is 0 Å². The Hall–Kier alpha value is -1.54. The summed E-state index contributed by atoms with van der Waals surface area (Å²) in [4.78, 5) is 0. The van der Waals surface area contributed by atoms with Gasteiger partial charge in [0.05, 0.1) is 6.54 Å². The third kappa shape index (κ3) is 4.00. The molecular formula is C13H19N2+. The van der Waals surface area contributed by atoms with Crippen LogP contribution in [-0.4, -0.2) is 6.54 Å². The first kappa shape index (κ1) is 11.5. The summed E-state index contributed by atoms with van der Waals surface area (Å²) >= 11 is 0. The Balaban J connectivity index is 2.60. The minimum absolute atomic E-state index is 0.827. The van der Waals surface area contributed by atoms with Gasteiger partial charge in [0.25, 0.3) is 0 Å². The highest BCUT2D eigenvalue weighted by Gasteiger charge is 1.94. The van der Waals surface area contributed by atoms with Crippen molar-refractivity contribution in [3.05, 3.63) is 53.8 Å². The van der Waals surface area contributed by atoms with E-state index < -0.39 is 0 Å². The highest BCUT2D eigenvalue weighted by molar-refractivity contribution is 5.54. The van der Waals surface area contributed by atoms with Crippen molar-refractivity contribution in [2.75, 3.05) is 11.9 Å². The van der Waals surface area contributed by atoms with E-state index in [1.165, 1.54) is 11.1 Å². The fourth-order valence-corrected chi connectivity index (χ4v) is 1.26. The monoisotopic (exact) mass is 203 g/mol. The van der Waals surface area contributed by atoms with Crippen LogP contribution >= 0.6 is 0 Å². The lowest BCUT2D eigenvalue weighted by Gasteiger charge is -2.05. The van der Waals surface area contributed by atoms with Gasteiger partial charge in [-0.2, -0.15) is 0 Å². The lowest BCUT2D eigenvalue weighted by molar-refractivity contribution is -0.352. The molecule has 0 heterocycles. The second kappa shape index (κ2) is 6.04. The van der Waals surface area contributed by atoms with Crippen LogP contribution in [0.2, 0.25) is 0 Å². The van der Waals surface area contributed by atoms with Gasteiger partial charge in [-0.3, -0.25) is 0 Å². The Morgan fingerprint density at radius 3 is 2.80 bits per heavy atom. The van der Waals surface area contributed by atoms with Gasteiger partial charge in [-0.05, 0) is 43.2 Å². The molecule has 15 heavy (non-hydrogen) atoms. The summed E-state index contributed by atoms with van der Waals surface area (Å²) in [5, 5.41) is 3.26. The average molecular weight is 203 g/mol. The first-order valence-electron chi connectivity index (χ1n) is 5.18. The number of benzene rings is 1. The van der Waals surface area contributed by atoms with E-state index in [1.807, 2.05) is 24.4 Å². The maximum Gasteiger partial charge on any atom is 0.0929 e. The number of hydrogen-bond donors (Lipinski definition) is 2. The molecule has 1 aromatic carbocycles. The molecule has 1 rings (SSSR count). The maximum atomic E-state index is 3.73. The summed E-state index contributed by atoms with van der Waals surface area (Å²) in [6.07, 6.45) is 7.92. The zero-order chi connectivity index (χ0) is 11.1. The third-order valence-electron chi connectivity index (χ3n) is 2.14. The van der Waals surface area contributed by atoms with Crippen molar-refractivity contribution in [2.24, 2.45) is 0 Å². The summed E-state index contributed by atoms with van der Waals surface area (Å²) in [5.74, 6) is 0. The van der Waals surface area contributed by atoms with Gasteiger partial charge in [0.15, 0.2) is 0 Å².